The molecule has 0 aliphatic carbocycles. The van der Waals surface area contributed by atoms with Gasteiger partial charge < -0.3 is 15.8 Å². The fourth-order valence-corrected chi connectivity index (χ4v) is 3.04. The van der Waals surface area contributed by atoms with Gasteiger partial charge in [0.05, 0.1) is 5.92 Å². The van der Waals surface area contributed by atoms with Crippen molar-refractivity contribution in [1.29, 1.82) is 5.26 Å². The summed E-state index contributed by atoms with van der Waals surface area (Å²) in [5.41, 5.74) is 9.66. The number of aryl methyl sites for hydroxylation is 1. The summed E-state index contributed by atoms with van der Waals surface area (Å²) in [6.45, 7) is 3.53. The number of nitrogens with one attached hydrogen (secondary N) is 2. The smallest absolute Gasteiger partial charge is 0.244 e. The first kappa shape index (κ1) is 16.6. The summed E-state index contributed by atoms with van der Waals surface area (Å²) in [6, 6.07) is 9.52. The molecule has 1 atom stereocenters. The molecule has 1 amide bonds. The van der Waals surface area contributed by atoms with Gasteiger partial charge in [0.1, 0.15) is 11.6 Å². The molecule has 1 aromatic heterocycles. The number of nitrogens with two attached hydrogens (primary N) is 1. The van der Waals surface area contributed by atoms with Crippen molar-refractivity contribution in [3.05, 3.63) is 52.5 Å². The largest absolute Gasteiger partial charge is 0.420 e. The maximum Gasteiger partial charge on any atom is 0.244 e. The highest BCUT2D eigenvalue weighted by atomic mass is 16.5. The predicted octanol–water partition coefficient (Wildman–Crippen LogP) is 2.54. The van der Waals surface area contributed by atoms with Crippen molar-refractivity contribution in [3.8, 4) is 11.9 Å². The minimum atomic E-state index is -0.347. The van der Waals surface area contributed by atoms with E-state index >= 15 is 0 Å². The zero-order valence-electron chi connectivity index (χ0n) is 14.1. The number of hydrogen-bond acceptors (Lipinski definition) is 5. The van der Waals surface area contributed by atoms with E-state index in [0.29, 0.717) is 17.1 Å². The molecule has 3 rings (SSSR count). The van der Waals surface area contributed by atoms with E-state index in [1.807, 2.05) is 12.1 Å². The number of aromatic amines is 1. The number of carbonyl (C=O) groups is 1. The summed E-state index contributed by atoms with van der Waals surface area (Å²) < 4.78 is 5.53. The molecule has 0 fully saturated rings. The third kappa shape index (κ3) is 3.06. The van der Waals surface area contributed by atoms with Gasteiger partial charge in [-0.2, -0.15) is 5.26 Å². The molecule has 128 valence electrons. The number of aromatic nitrogens is 2. The van der Waals surface area contributed by atoms with Crippen LogP contribution in [0.3, 0.4) is 0 Å². The number of hydrogen-bond donors (Lipinski definition) is 3. The molecule has 0 bridgehead atoms. The van der Waals surface area contributed by atoms with Gasteiger partial charge in [0.25, 0.3) is 0 Å². The summed E-state index contributed by atoms with van der Waals surface area (Å²) in [5, 5.41) is 19.5. The zero-order chi connectivity index (χ0) is 18.0. The number of anilines is 1. The third-order valence-electron chi connectivity index (χ3n) is 4.08. The van der Waals surface area contributed by atoms with E-state index in [-0.39, 0.29) is 17.7 Å². The molecule has 1 aliphatic heterocycles. The fraction of sp³-hybridized carbons (Fsp3) is 0.278. The molecule has 1 aromatic carbocycles. The van der Waals surface area contributed by atoms with Gasteiger partial charge in [-0.05, 0) is 24.1 Å². The summed E-state index contributed by atoms with van der Waals surface area (Å²) in [5.74, 6) is -0.000162. The number of H-pyrrole nitrogens is 1. The van der Waals surface area contributed by atoms with Crippen LogP contribution in [0.15, 0.2) is 35.7 Å². The molecule has 1 aliphatic rings. The molecule has 7 nitrogen and oxygen atoms in total. The van der Waals surface area contributed by atoms with Crippen LogP contribution in [0.1, 0.15) is 43.0 Å². The Kier molecular flexibility index (Phi) is 4.44. The average molecular weight is 337 g/mol. The van der Waals surface area contributed by atoms with Gasteiger partial charge in [-0.3, -0.25) is 9.89 Å². The minimum Gasteiger partial charge on any atom is -0.420 e. The van der Waals surface area contributed by atoms with Gasteiger partial charge in [-0.25, -0.2) is 0 Å². The maximum atomic E-state index is 11.2. The summed E-state index contributed by atoms with van der Waals surface area (Å²) in [6.07, 6.45) is 1.73. The molecule has 0 saturated carbocycles. The second-order valence-corrected chi connectivity index (χ2v) is 5.90. The van der Waals surface area contributed by atoms with Gasteiger partial charge in [0.15, 0.2) is 0 Å². The Labute approximate surface area is 145 Å². The Bertz CT molecular complexity index is 874. The van der Waals surface area contributed by atoms with Crippen LogP contribution >= 0.6 is 0 Å². The number of rotatable bonds is 4. The molecule has 2 heterocycles. The molecule has 0 radical (unpaired) electrons. The number of nitriles is 1. The number of ether oxygens (including phenoxy) is 1. The lowest BCUT2D eigenvalue weighted by atomic mass is 9.83. The number of benzene rings is 1. The monoisotopic (exact) mass is 337 g/mol. The predicted molar refractivity (Wildman–Crippen MR) is 92.6 cm³/mol. The van der Waals surface area contributed by atoms with Crippen LogP contribution in [0.25, 0.3) is 0 Å². The lowest BCUT2D eigenvalue weighted by Crippen LogP contribution is -2.21. The van der Waals surface area contributed by atoms with E-state index in [2.05, 4.69) is 28.5 Å². The minimum absolute atomic E-state index is 0.0699. The van der Waals surface area contributed by atoms with Gasteiger partial charge in [-0.1, -0.05) is 25.5 Å². The Hall–Kier alpha value is -3.27. The topological polar surface area (TPSA) is 117 Å². The Morgan fingerprint density at radius 3 is 2.76 bits per heavy atom. The third-order valence-corrected chi connectivity index (χ3v) is 4.08. The van der Waals surface area contributed by atoms with Crippen LogP contribution in [0.4, 0.5) is 5.69 Å². The first-order valence-electron chi connectivity index (χ1n) is 8.07. The van der Waals surface area contributed by atoms with E-state index in [1.165, 1.54) is 6.92 Å². The molecule has 0 spiro atoms. The zero-order valence-corrected chi connectivity index (χ0v) is 14.1. The SMILES string of the molecule is CCCc1[nH]nc2c1[C@@H](c1ccc(NC(C)=O)cc1)C(C#N)=C(N)O2. The fourth-order valence-electron chi connectivity index (χ4n) is 3.04. The van der Waals surface area contributed by atoms with Crippen molar-refractivity contribution in [2.75, 3.05) is 5.32 Å². The molecule has 0 saturated heterocycles. The second-order valence-electron chi connectivity index (χ2n) is 5.90. The normalized spacial score (nSPS) is 16.0. The Morgan fingerprint density at radius 2 is 2.16 bits per heavy atom. The Morgan fingerprint density at radius 1 is 1.44 bits per heavy atom. The number of amides is 1. The Balaban J connectivity index is 2.08. The summed E-state index contributed by atoms with van der Waals surface area (Å²) in [7, 11) is 0. The highest BCUT2D eigenvalue weighted by molar-refractivity contribution is 5.88. The highest BCUT2D eigenvalue weighted by Crippen LogP contribution is 2.43. The first-order chi connectivity index (χ1) is 12.0. The van der Waals surface area contributed by atoms with Crippen molar-refractivity contribution in [2.45, 2.75) is 32.6 Å². The lowest BCUT2D eigenvalue weighted by Gasteiger charge is -2.24. The number of fused-ring (bicyclic) bond motifs is 1. The number of allylic oxidation sites excluding steroid dienone is 1. The first-order valence-corrected chi connectivity index (χ1v) is 8.07. The average Bonchev–Trinajstić information content (AvgIpc) is 2.96. The van der Waals surface area contributed by atoms with Crippen molar-refractivity contribution < 1.29 is 9.53 Å². The van der Waals surface area contributed by atoms with Gasteiger partial charge in [0, 0.05) is 23.9 Å². The molecular weight excluding hydrogens is 318 g/mol. The number of carbonyl (C=O) groups excluding carboxylic acids is 1. The molecule has 2 aromatic rings. The number of nitrogens with zero attached hydrogens (tertiary/aromatic N) is 2. The highest BCUT2D eigenvalue weighted by Gasteiger charge is 2.34. The maximum absolute atomic E-state index is 11.2. The van der Waals surface area contributed by atoms with Crippen LogP contribution < -0.4 is 15.8 Å². The molecular formula is C18H19N5O2. The van der Waals surface area contributed by atoms with Crippen molar-refractivity contribution >= 4 is 11.6 Å². The van der Waals surface area contributed by atoms with Crippen molar-refractivity contribution in [1.82, 2.24) is 10.2 Å². The van der Waals surface area contributed by atoms with E-state index in [0.717, 1.165) is 29.7 Å². The van der Waals surface area contributed by atoms with E-state index in [1.54, 1.807) is 12.1 Å². The second kappa shape index (κ2) is 6.69. The van der Waals surface area contributed by atoms with Gasteiger partial charge in [0.2, 0.25) is 17.7 Å². The molecule has 4 N–H and O–H groups in total. The van der Waals surface area contributed by atoms with Crippen LogP contribution in [0, 0.1) is 11.3 Å². The molecule has 25 heavy (non-hydrogen) atoms. The summed E-state index contributed by atoms with van der Waals surface area (Å²) >= 11 is 0. The van der Waals surface area contributed by atoms with Crippen LogP contribution in [-0.4, -0.2) is 16.1 Å². The summed E-state index contributed by atoms with van der Waals surface area (Å²) in [4.78, 5) is 11.2. The van der Waals surface area contributed by atoms with Crippen LogP contribution in [0.2, 0.25) is 0 Å². The molecule has 0 unspecified atom stereocenters. The van der Waals surface area contributed by atoms with E-state index in [4.69, 9.17) is 10.5 Å². The molecule has 7 heteroatoms. The van der Waals surface area contributed by atoms with Crippen molar-refractivity contribution in [3.63, 3.8) is 0 Å². The van der Waals surface area contributed by atoms with Gasteiger partial charge >= 0.3 is 0 Å². The van der Waals surface area contributed by atoms with Crippen LogP contribution in [-0.2, 0) is 11.2 Å². The quantitative estimate of drug-likeness (QED) is 0.792. The van der Waals surface area contributed by atoms with E-state index in [9.17, 15) is 10.1 Å². The van der Waals surface area contributed by atoms with Crippen LogP contribution in [0.5, 0.6) is 5.88 Å². The standard InChI is InChI=1S/C18H19N5O2/c1-3-4-14-16-15(11-5-7-12(8-6-11)21-10(2)24)13(9-19)17(20)25-18(16)23-22-14/h5-8,15H,3-4,20H2,1-2H3,(H,21,24)(H,22,23)/t15-/m0/s1. The van der Waals surface area contributed by atoms with Crippen molar-refractivity contribution in [2.24, 2.45) is 5.73 Å². The van der Waals surface area contributed by atoms with E-state index < -0.39 is 0 Å². The lowest BCUT2D eigenvalue weighted by molar-refractivity contribution is -0.114. The van der Waals surface area contributed by atoms with Gasteiger partial charge in [-0.15, -0.1) is 5.10 Å².